The molecule has 0 N–H and O–H groups in total. The lowest BCUT2D eigenvalue weighted by atomic mass is 10.0. The molecule has 0 aliphatic carbocycles. The molecule has 8 nitrogen and oxygen atoms in total. The van der Waals surface area contributed by atoms with Gasteiger partial charge in [-0.15, -0.1) is 0 Å². The molecule has 38 heavy (non-hydrogen) atoms. The summed E-state index contributed by atoms with van der Waals surface area (Å²) in [5.74, 6) is -0.856. The van der Waals surface area contributed by atoms with E-state index >= 15 is 4.39 Å². The van der Waals surface area contributed by atoms with Crippen LogP contribution in [0.1, 0.15) is 71.3 Å². The third kappa shape index (κ3) is 11.6. The first-order chi connectivity index (χ1) is 18.0. The Morgan fingerprint density at radius 3 is 2.47 bits per heavy atom. The first kappa shape index (κ1) is 31.3. The highest BCUT2D eigenvalue weighted by molar-refractivity contribution is 5.82. The number of likely N-dealkylation sites (tertiary alicyclic amines) is 1. The zero-order chi connectivity index (χ0) is 28.0. The van der Waals surface area contributed by atoms with E-state index in [1.54, 1.807) is 20.8 Å². The average Bonchev–Trinajstić information content (AvgIpc) is 3.23. The van der Waals surface area contributed by atoms with Crippen molar-refractivity contribution in [2.45, 2.75) is 89.6 Å². The van der Waals surface area contributed by atoms with Gasteiger partial charge in [-0.25, -0.2) is 14.0 Å². The van der Waals surface area contributed by atoms with Gasteiger partial charge in [0.25, 0.3) is 0 Å². The number of unbranched alkanes of at least 4 members (excludes halogenated alkanes) is 4. The molecule has 212 valence electrons. The summed E-state index contributed by atoms with van der Waals surface area (Å²) in [5, 5.41) is 0. The van der Waals surface area contributed by atoms with Crippen molar-refractivity contribution in [2.75, 3.05) is 26.9 Å². The highest BCUT2D eigenvalue weighted by Crippen LogP contribution is 2.33. The molecule has 1 aliphatic rings. The number of amides is 1. The molecule has 0 aromatic heterocycles. The number of benzene rings is 1. The summed E-state index contributed by atoms with van der Waals surface area (Å²) >= 11 is 0. The second-order valence-corrected chi connectivity index (χ2v) is 10.6. The molecule has 0 bridgehead atoms. The Morgan fingerprint density at radius 2 is 1.79 bits per heavy atom. The molecule has 1 aliphatic heterocycles. The summed E-state index contributed by atoms with van der Waals surface area (Å²) < 4.78 is 36.7. The Balaban J connectivity index is 1.82. The topological polar surface area (TPSA) is 91.4 Å². The SMILES string of the molecule is COC(=O)CCCCCC/C=C/COC[C@@]1(F)C[C@@H](C(=O)OCc2ccccc2)N(C(=O)OC(C)(C)C)C1. The number of alkyl halides is 1. The van der Waals surface area contributed by atoms with Gasteiger partial charge < -0.3 is 18.9 Å². The first-order valence-electron chi connectivity index (χ1n) is 13.2. The second-order valence-electron chi connectivity index (χ2n) is 10.6. The minimum absolute atomic E-state index is 0.0319. The molecule has 0 unspecified atom stereocenters. The van der Waals surface area contributed by atoms with Crippen LogP contribution in [0.25, 0.3) is 0 Å². The number of carbonyl (C=O) groups is 3. The Hall–Kier alpha value is -2.94. The van der Waals surface area contributed by atoms with Gasteiger partial charge in [-0.3, -0.25) is 9.69 Å². The summed E-state index contributed by atoms with van der Waals surface area (Å²) in [5.41, 5.74) is -1.90. The molecule has 9 heteroatoms. The molecule has 1 aromatic carbocycles. The standard InChI is InChI=1S/C29H42FNO7/c1-28(2,3)38-27(34)31-21-29(30,19-24(31)26(33)37-20-23-15-11-10-12-16-23)22-36-18-14-9-7-5-6-8-13-17-25(32)35-4/h9-12,14-16,24H,5-8,13,17-22H2,1-4H3/b14-9+/t24-,29+/m0/s1. The van der Waals surface area contributed by atoms with Crippen molar-refractivity contribution < 1.29 is 37.7 Å². The van der Waals surface area contributed by atoms with E-state index in [0.29, 0.717) is 6.42 Å². The Bertz CT molecular complexity index is 915. The van der Waals surface area contributed by atoms with Crippen LogP contribution in [0.15, 0.2) is 42.5 Å². The van der Waals surface area contributed by atoms with Crippen molar-refractivity contribution in [3.05, 3.63) is 48.0 Å². The predicted molar refractivity (Wildman–Crippen MR) is 141 cm³/mol. The van der Waals surface area contributed by atoms with Crippen LogP contribution in [0, 0.1) is 0 Å². The van der Waals surface area contributed by atoms with Crippen molar-refractivity contribution in [2.24, 2.45) is 0 Å². The Morgan fingerprint density at radius 1 is 1.08 bits per heavy atom. The normalized spacial score (nSPS) is 19.5. The molecular weight excluding hydrogens is 493 g/mol. The number of esters is 2. The summed E-state index contributed by atoms with van der Waals surface area (Å²) in [6.07, 6.45) is 7.93. The third-order valence-electron chi connectivity index (χ3n) is 5.98. The molecule has 1 fully saturated rings. The number of methoxy groups -OCH3 is 1. The van der Waals surface area contributed by atoms with E-state index in [4.69, 9.17) is 14.2 Å². The first-order valence-corrected chi connectivity index (χ1v) is 13.2. The number of hydrogen-bond donors (Lipinski definition) is 0. The highest BCUT2D eigenvalue weighted by Gasteiger charge is 2.51. The van der Waals surface area contributed by atoms with Crippen LogP contribution in [0.4, 0.5) is 9.18 Å². The predicted octanol–water partition coefficient (Wildman–Crippen LogP) is 5.53. The second kappa shape index (κ2) is 15.5. The number of nitrogens with zero attached hydrogens (tertiary/aromatic N) is 1. The maximum absolute atomic E-state index is 15.7. The molecule has 0 saturated carbocycles. The molecule has 1 amide bonds. The van der Waals surface area contributed by atoms with E-state index in [-0.39, 0.29) is 38.8 Å². The lowest BCUT2D eigenvalue weighted by molar-refractivity contribution is -0.150. The Kier molecular flexibility index (Phi) is 12.7. The van der Waals surface area contributed by atoms with Gasteiger partial charge in [0.05, 0.1) is 26.9 Å². The van der Waals surface area contributed by atoms with Gasteiger partial charge in [0, 0.05) is 12.8 Å². The molecule has 2 atom stereocenters. The maximum atomic E-state index is 15.7. The molecule has 2 rings (SSSR count). The summed E-state index contributed by atoms with van der Waals surface area (Å²) in [4.78, 5) is 37.8. The fourth-order valence-corrected chi connectivity index (χ4v) is 4.07. The van der Waals surface area contributed by atoms with Gasteiger partial charge in [-0.1, -0.05) is 55.3 Å². The van der Waals surface area contributed by atoms with E-state index in [0.717, 1.165) is 42.6 Å². The van der Waals surface area contributed by atoms with Crippen molar-refractivity contribution in [3.63, 3.8) is 0 Å². The van der Waals surface area contributed by atoms with Gasteiger partial charge in [-0.05, 0) is 45.6 Å². The lowest BCUT2D eigenvalue weighted by Gasteiger charge is -2.27. The monoisotopic (exact) mass is 535 g/mol. The molecule has 0 spiro atoms. The fraction of sp³-hybridized carbons (Fsp3) is 0.621. The van der Waals surface area contributed by atoms with E-state index in [2.05, 4.69) is 4.74 Å². The summed E-state index contributed by atoms with van der Waals surface area (Å²) in [7, 11) is 1.39. The van der Waals surface area contributed by atoms with Crippen LogP contribution in [0.3, 0.4) is 0 Å². The molecule has 1 aromatic rings. The number of ether oxygens (including phenoxy) is 4. The van der Waals surface area contributed by atoms with Crippen molar-refractivity contribution in [1.82, 2.24) is 4.90 Å². The molecule has 0 radical (unpaired) electrons. The maximum Gasteiger partial charge on any atom is 0.411 e. The minimum atomic E-state index is -1.90. The quantitative estimate of drug-likeness (QED) is 0.134. The smallest absolute Gasteiger partial charge is 0.411 e. The Labute approximate surface area is 225 Å². The van der Waals surface area contributed by atoms with E-state index in [9.17, 15) is 14.4 Å². The largest absolute Gasteiger partial charge is 0.469 e. The van der Waals surface area contributed by atoms with Crippen molar-refractivity contribution in [3.8, 4) is 0 Å². The number of allylic oxidation sites excluding steroid dienone is 1. The van der Waals surface area contributed by atoms with Crippen LogP contribution >= 0.6 is 0 Å². The molecular formula is C29H42FNO7. The zero-order valence-corrected chi connectivity index (χ0v) is 23.1. The average molecular weight is 536 g/mol. The zero-order valence-electron chi connectivity index (χ0n) is 23.1. The fourth-order valence-electron chi connectivity index (χ4n) is 4.07. The van der Waals surface area contributed by atoms with Crippen LogP contribution in [-0.4, -0.2) is 67.1 Å². The summed E-state index contributed by atoms with van der Waals surface area (Å²) in [6, 6.07) is 8.06. The van der Waals surface area contributed by atoms with E-state index in [1.807, 2.05) is 42.5 Å². The number of carbonyl (C=O) groups excluding carboxylic acids is 3. The number of halogens is 1. The molecule has 1 heterocycles. The van der Waals surface area contributed by atoms with E-state index < -0.39 is 29.4 Å². The van der Waals surface area contributed by atoms with Crippen LogP contribution in [0.5, 0.6) is 0 Å². The van der Waals surface area contributed by atoms with Crippen LogP contribution < -0.4 is 0 Å². The highest BCUT2D eigenvalue weighted by atomic mass is 19.1. The van der Waals surface area contributed by atoms with Crippen LogP contribution in [0.2, 0.25) is 0 Å². The number of rotatable bonds is 14. The van der Waals surface area contributed by atoms with Gasteiger partial charge in [0.2, 0.25) is 0 Å². The van der Waals surface area contributed by atoms with Gasteiger partial charge >= 0.3 is 18.0 Å². The van der Waals surface area contributed by atoms with Crippen molar-refractivity contribution >= 4 is 18.0 Å². The third-order valence-corrected chi connectivity index (χ3v) is 5.98. The summed E-state index contributed by atoms with van der Waals surface area (Å²) in [6.45, 7) is 4.82. The molecule has 1 saturated heterocycles. The van der Waals surface area contributed by atoms with Gasteiger partial charge in [0.1, 0.15) is 18.2 Å². The van der Waals surface area contributed by atoms with Gasteiger partial charge in [-0.2, -0.15) is 0 Å². The van der Waals surface area contributed by atoms with Gasteiger partial charge in [0.15, 0.2) is 5.67 Å². The number of hydrogen-bond acceptors (Lipinski definition) is 7. The van der Waals surface area contributed by atoms with E-state index in [1.165, 1.54) is 7.11 Å². The van der Waals surface area contributed by atoms with Crippen molar-refractivity contribution in [1.29, 1.82) is 0 Å². The lowest BCUT2D eigenvalue weighted by Crippen LogP contribution is -2.44. The van der Waals surface area contributed by atoms with Crippen LogP contribution in [-0.2, 0) is 35.1 Å². The minimum Gasteiger partial charge on any atom is -0.469 e.